The molecule has 1 aromatic carbocycles. The van der Waals surface area contributed by atoms with Crippen molar-refractivity contribution in [1.29, 1.82) is 0 Å². The van der Waals surface area contributed by atoms with Crippen LogP contribution < -0.4 is 10.1 Å². The number of hydrogen-bond acceptors (Lipinski definition) is 4. The van der Waals surface area contributed by atoms with Gasteiger partial charge < -0.3 is 19.9 Å². The molecule has 0 amide bonds. The number of ether oxygens (including phenoxy) is 2. The first-order valence-electron chi connectivity index (χ1n) is 7.09. The molecule has 2 rings (SSSR count). The molecule has 2 N–H and O–H groups in total. The summed E-state index contributed by atoms with van der Waals surface area (Å²) < 4.78 is 12.0. The Labute approximate surface area is 128 Å². The van der Waals surface area contributed by atoms with Crippen molar-refractivity contribution < 1.29 is 14.6 Å². The molecule has 4 nitrogen and oxygen atoms in total. The van der Waals surface area contributed by atoms with Crippen LogP contribution >= 0.6 is 15.9 Å². The number of nitrogens with one attached hydrogen (secondary N) is 1. The highest BCUT2D eigenvalue weighted by Crippen LogP contribution is 2.28. The monoisotopic (exact) mass is 343 g/mol. The molecular formula is C15H22BrNO3. The van der Waals surface area contributed by atoms with E-state index in [4.69, 9.17) is 9.47 Å². The molecule has 1 atom stereocenters. The average molecular weight is 344 g/mol. The van der Waals surface area contributed by atoms with E-state index in [1.165, 1.54) is 12.8 Å². The lowest BCUT2D eigenvalue weighted by Crippen LogP contribution is -2.33. The molecule has 5 heteroatoms. The summed E-state index contributed by atoms with van der Waals surface area (Å²) in [5.74, 6) is 1.57. The predicted molar refractivity (Wildman–Crippen MR) is 82.1 cm³/mol. The van der Waals surface area contributed by atoms with Crippen molar-refractivity contribution in [2.24, 2.45) is 5.92 Å². The molecule has 0 heterocycles. The molecule has 1 saturated carbocycles. The molecule has 20 heavy (non-hydrogen) atoms. The van der Waals surface area contributed by atoms with Gasteiger partial charge in [0.25, 0.3) is 0 Å². The molecule has 0 spiro atoms. The molecular weight excluding hydrogens is 322 g/mol. The van der Waals surface area contributed by atoms with Crippen molar-refractivity contribution in [3.05, 3.63) is 28.7 Å². The summed E-state index contributed by atoms with van der Waals surface area (Å²) in [7, 11) is 0. The molecule has 1 fully saturated rings. The third kappa shape index (κ3) is 6.70. The zero-order valence-electron chi connectivity index (χ0n) is 11.6. The van der Waals surface area contributed by atoms with Crippen LogP contribution in [0.5, 0.6) is 5.75 Å². The highest BCUT2D eigenvalue weighted by Gasteiger charge is 2.20. The third-order valence-electron chi connectivity index (χ3n) is 3.11. The molecule has 1 aliphatic rings. The van der Waals surface area contributed by atoms with E-state index in [-0.39, 0.29) is 6.61 Å². The highest BCUT2D eigenvalue weighted by atomic mass is 79.9. The average Bonchev–Trinajstić information content (AvgIpc) is 3.26. The van der Waals surface area contributed by atoms with Gasteiger partial charge in [0.15, 0.2) is 0 Å². The van der Waals surface area contributed by atoms with Gasteiger partial charge in [0.2, 0.25) is 0 Å². The summed E-state index contributed by atoms with van der Waals surface area (Å²) in [6.07, 6.45) is 2.13. The predicted octanol–water partition coefficient (Wildman–Crippen LogP) is 2.21. The Kier molecular flexibility index (Phi) is 6.79. The maximum Gasteiger partial charge on any atom is 0.119 e. The van der Waals surface area contributed by atoms with Gasteiger partial charge in [-0.2, -0.15) is 0 Å². The first-order valence-corrected chi connectivity index (χ1v) is 7.88. The molecule has 0 aliphatic heterocycles. The summed E-state index contributed by atoms with van der Waals surface area (Å²) in [4.78, 5) is 0. The Hall–Kier alpha value is -0.620. The van der Waals surface area contributed by atoms with Gasteiger partial charge in [-0.25, -0.2) is 0 Å². The van der Waals surface area contributed by atoms with Crippen molar-refractivity contribution in [3.63, 3.8) is 0 Å². The van der Waals surface area contributed by atoms with E-state index in [1.54, 1.807) is 0 Å². The van der Waals surface area contributed by atoms with Crippen molar-refractivity contribution >= 4 is 15.9 Å². The van der Waals surface area contributed by atoms with Crippen LogP contribution in [0.4, 0.5) is 0 Å². The van der Waals surface area contributed by atoms with Crippen molar-refractivity contribution in [3.8, 4) is 5.75 Å². The Morgan fingerprint density at radius 2 is 2.05 bits per heavy atom. The van der Waals surface area contributed by atoms with Crippen LogP contribution in [-0.2, 0) is 4.74 Å². The number of aliphatic hydroxyl groups excluding tert-OH is 1. The molecule has 1 aromatic rings. The second-order valence-corrected chi connectivity index (χ2v) is 6.06. The second kappa shape index (κ2) is 8.62. The maximum atomic E-state index is 9.78. The van der Waals surface area contributed by atoms with Crippen molar-refractivity contribution in [1.82, 2.24) is 5.32 Å². The van der Waals surface area contributed by atoms with Crippen LogP contribution in [0, 0.1) is 5.92 Å². The molecule has 112 valence electrons. The number of aliphatic hydroxyl groups is 1. The van der Waals surface area contributed by atoms with Gasteiger partial charge in [-0.1, -0.05) is 15.9 Å². The van der Waals surface area contributed by atoms with Crippen LogP contribution in [-0.4, -0.2) is 44.1 Å². The lowest BCUT2D eigenvalue weighted by molar-refractivity contribution is 0.0967. The van der Waals surface area contributed by atoms with Gasteiger partial charge in [-0.05, 0) is 43.0 Å². The molecule has 1 unspecified atom stereocenters. The van der Waals surface area contributed by atoms with Gasteiger partial charge in [0.05, 0.1) is 6.61 Å². The van der Waals surface area contributed by atoms with Crippen LogP contribution in [0.15, 0.2) is 28.7 Å². The number of rotatable bonds is 10. The van der Waals surface area contributed by atoms with Crippen LogP contribution in [0.25, 0.3) is 0 Å². The van der Waals surface area contributed by atoms with Crippen LogP contribution in [0.3, 0.4) is 0 Å². The normalized spacial score (nSPS) is 16.1. The van der Waals surface area contributed by atoms with E-state index < -0.39 is 6.10 Å². The summed E-state index contributed by atoms with van der Waals surface area (Å²) in [5, 5.41) is 12.9. The van der Waals surface area contributed by atoms with Gasteiger partial charge in [0.1, 0.15) is 18.5 Å². The van der Waals surface area contributed by atoms with Gasteiger partial charge in [0, 0.05) is 24.2 Å². The summed E-state index contributed by atoms with van der Waals surface area (Å²) in [6, 6.07) is 7.57. The molecule has 0 saturated heterocycles. The minimum absolute atomic E-state index is 0.289. The van der Waals surface area contributed by atoms with E-state index in [2.05, 4.69) is 21.2 Å². The van der Waals surface area contributed by atoms with E-state index in [1.807, 2.05) is 24.3 Å². The Bertz CT molecular complexity index is 381. The third-order valence-corrected chi connectivity index (χ3v) is 3.64. The Balaban J connectivity index is 1.46. The van der Waals surface area contributed by atoms with E-state index in [9.17, 15) is 5.11 Å². The van der Waals surface area contributed by atoms with Crippen molar-refractivity contribution in [2.75, 3.05) is 32.9 Å². The van der Waals surface area contributed by atoms with Gasteiger partial charge in [-0.15, -0.1) is 0 Å². The van der Waals surface area contributed by atoms with Gasteiger partial charge in [-0.3, -0.25) is 0 Å². The number of benzene rings is 1. The summed E-state index contributed by atoms with van der Waals surface area (Å²) >= 11 is 3.37. The topological polar surface area (TPSA) is 50.7 Å². The first kappa shape index (κ1) is 15.8. The minimum Gasteiger partial charge on any atom is -0.491 e. The maximum absolute atomic E-state index is 9.78. The quantitative estimate of drug-likeness (QED) is 0.639. The minimum atomic E-state index is -0.512. The lowest BCUT2D eigenvalue weighted by atomic mass is 10.3. The van der Waals surface area contributed by atoms with E-state index in [0.29, 0.717) is 13.2 Å². The molecule has 0 radical (unpaired) electrons. The summed E-state index contributed by atoms with van der Waals surface area (Å²) in [6.45, 7) is 3.16. The van der Waals surface area contributed by atoms with E-state index in [0.717, 1.165) is 29.3 Å². The Morgan fingerprint density at radius 3 is 2.75 bits per heavy atom. The highest BCUT2D eigenvalue weighted by molar-refractivity contribution is 9.10. The SMILES string of the molecule is OC(CNCCOCC1CC1)COc1ccc(Br)cc1. The zero-order valence-corrected chi connectivity index (χ0v) is 13.1. The largest absolute Gasteiger partial charge is 0.491 e. The van der Waals surface area contributed by atoms with Crippen LogP contribution in [0.2, 0.25) is 0 Å². The smallest absolute Gasteiger partial charge is 0.119 e. The lowest BCUT2D eigenvalue weighted by Gasteiger charge is -2.13. The Morgan fingerprint density at radius 1 is 1.30 bits per heavy atom. The zero-order chi connectivity index (χ0) is 14.2. The van der Waals surface area contributed by atoms with Gasteiger partial charge >= 0.3 is 0 Å². The standard InChI is InChI=1S/C15H22BrNO3/c16-13-3-5-15(6-4-13)20-11-14(18)9-17-7-8-19-10-12-1-2-12/h3-6,12,14,17-18H,1-2,7-11H2. The van der Waals surface area contributed by atoms with Crippen molar-refractivity contribution in [2.45, 2.75) is 18.9 Å². The fourth-order valence-corrected chi connectivity index (χ4v) is 1.99. The molecule has 0 bridgehead atoms. The molecule has 1 aliphatic carbocycles. The fourth-order valence-electron chi connectivity index (χ4n) is 1.73. The second-order valence-electron chi connectivity index (χ2n) is 5.14. The van der Waals surface area contributed by atoms with Crippen LogP contribution in [0.1, 0.15) is 12.8 Å². The van der Waals surface area contributed by atoms with E-state index >= 15 is 0 Å². The molecule has 0 aromatic heterocycles. The fraction of sp³-hybridized carbons (Fsp3) is 0.600. The first-order chi connectivity index (χ1) is 9.74. The summed E-state index contributed by atoms with van der Waals surface area (Å²) in [5.41, 5.74) is 0. The number of halogens is 1. The number of hydrogen-bond donors (Lipinski definition) is 2.